The zero-order valence-corrected chi connectivity index (χ0v) is 15.9. The highest BCUT2D eigenvalue weighted by Crippen LogP contribution is 2.22. The Hall–Kier alpha value is -2.37. The third-order valence-corrected chi connectivity index (χ3v) is 5.13. The van der Waals surface area contributed by atoms with Gasteiger partial charge in [-0.1, -0.05) is 41.9 Å². The predicted molar refractivity (Wildman–Crippen MR) is 109 cm³/mol. The summed E-state index contributed by atoms with van der Waals surface area (Å²) in [5.41, 5.74) is 1.47. The lowest BCUT2D eigenvalue weighted by atomic mass is 9.95. The van der Waals surface area contributed by atoms with E-state index in [0.717, 1.165) is 31.6 Å². The number of piperidine rings is 1. The Morgan fingerprint density at radius 3 is 2.33 bits per heavy atom. The van der Waals surface area contributed by atoms with Crippen molar-refractivity contribution in [3.63, 3.8) is 0 Å². The summed E-state index contributed by atoms with van der Waals surface area (Å²) in [6.45, 7) is 2.34. The fraction of sp³-hybridized carbons (Fsp3) is 0.333. The minimum atomic E-state index is -0.0490. The van der Waals surface area contributed by atoms with Crippen molar-refractivity contribution in [2.45, 2.75) is 19.3 Å². The molecule has 5 nitrogen and oxygen atoms in total. The average Bonchev–Trinajstić information content (AvgIpc) is 2.69. The van der Waals surface area contributed by atoms with E-state index in [1.165, 1.54) is 0 Å². The summed E-state index contributed by atoms with van der Waals surface area (Å²) >= 11 is 6.06. The van der Waals surface area contributed by atoms with Gasteiger partial charge in [0.1, 0.15) is 0 Å². The minimum Gasteiger partial charge on any atom is -0.326 e. The lowest BCUT2D eigenvalue weighted by Crippen LogP contribution is -2.39. The highest BCUT2D eigenvalue weighted by molar-refractivity contribution is 6.33. The zero-order valence-electron chi connectivity index (χ0n) is 15.2. The van der Waals surface area contributed by atoms with Crippen molar-refractivity contribution in [1.82, 2.24) is 4.90 Å². The molecule has 1 heterocycles. The van der Waals surface area contributed by atoms with Crippen LogP contribution in [-0.4, -0.2) is 36.3 Å². The molecule has 0 aromatic heterocycles. The van der Waals surface area contributed by atoms with Crippen LogP contribution < -0.4 is 10.6 Å². The minimum absolute atomic E-state index is 0.0263. The van der Waals surface area contributed by atoms with Crippen LogP contribution in [0.2, 0.25) is 5.02 Å². The standard InChI is InChI=1S/C21H24ClN3O2/c22-18-8-4-5-9-19(18)24-20(26)12-15-25-13-10-16(11-14-25)21(27)23-17-6-2-1-3-7-17/h1-9,16H,10-15H2,(H,23,27)(H,24,26). The van der Waals surface area contributed by atoms with E-state index in [1.807, 2.05) is 42.5 Å². The Kier molecular flexibility index (Phi) is 6.85. The Morgan fingerprint density at radius 1 is 0.963 bits per heavy atom. The molecule has 2 aromatic carbocycles. The van der Waals surface area contributed by atoms with Crippen LogP contribution in [-0.2, 0) is 9.59 Å². The Bertz CT molecular complexity index is 774. The summed E-state index contributed by atoms with van der Waals surface area (Å²) in [6, 6.07) is 16.7. The van der Waals surface area contributed by atoms with Crippen LogP contribution in [0.15, 0.2) is 54.6 Å². The number of amides is 2. The van der Waals surface area contributed by atoms with E-state index in [-0.39, 0.29) is 17.7 Å². The number of hydrogen-bond acceptors (Lipinski definition) is 3. The number of carbonyl (C=O) groups excluding carboxylic acids is 2. The molecule has 1 saturated heterocycles. The van der Waals surface area contributed by atoms with Crippen LogP contribution in [0.25, 0.3) is 0 Å². The predicted octanol–water partition coefficient (Wildman–Crippen LogP) is 4.02. The molecule has 142 valence electrons. The number of nitrogens with one attached hydrogen (secondary N) is 2. The summed E-state index contributed by atoms with van der Waals surface area (Å²) in [6.07, 6.45) is 2.03. The highest BCUT2D eigenvalue weighted by atomic mass is 35.5. The molecule has 0 radical (unpaired) electrons. The second kappa shape index (κ2) is 9.53. The van der Waals surface area contributed by atoms with Gasteiger partial charge in [0.25, 0.3) is 0 Å². The fourth-order valence-corrected chi connectivity index (χ4v) is 3.40. The van der Waals surface area contributed by atoms with Gasteiger partial charge in [0.15, 0.2) is 0 Å². The fourth-order valence-electron chi connectivity index (χ4n) is 3.22. The Labute approximate surface area is 164 Å². The number of hydrogen-bond donors (Lipinski definition) is 2. The number of anilines is 2. The first-order valence-corrected chi connectivity index (χ1v) is 9.62. The van der Waals surface area contributed by atoms with Crippen LogP contribution in [0.3, 0.4) is 0 Å². The molecular weight excluding hydrogens is 362 g/mol. The molecule has 0 saturated carbocycles. The molecule has 0 bridgehead atoms. The molecule has 0 atom stereocenters. The maximum Gasteiger partial charge on any atom is 0.227 e. The molecule has 3 rings (SSSR count). The van der Waals surface area contributed by atoms with E-state index in [2.05, 4.69) is 15.5 Å². The van der Waals surface area contributed by atoms with Gasteiger partial charge in [-0.25, -0.2) is 0 Å². The number of para-hydroxylation sites is 2. The smallest absolute Gasteiger partial charge is 0.227 e. The number of rotatable bonds is 6. The van der Waals surface area contributed by atoms with E-state index in [1.54, 1.807) is 12.1 Å². The summed E-state index contributed by atoms with van der Waals surface area (Å²) in [7, 11) is 0. The van der Waals surface area contributed by atoms with Gasteiger partial charge in [-0.2, -0.15) is 0 Å². The summed E-state index contributed by atoms with van der Waals surface area (Å²) in [5, 5.41) is 6.36. The van der Waals surface area contributed by atoms with Crippen LogP contribution in [0.5, 0.6) is 0 Å². The lowest BCUT2D eigenvalue weighted by molar-refractivity contribution is -0.121. The molecule has 1 aliphatic rings. The van der Waals surface area contributed by atoms with Crippen molar-refractivity contribution in [3.8, 4) is 0 Å². The van der Waals surface area contributed by atoms with Gasteiger partial charge in [-0.15, -0.1) is 0 Å². The van der Waals surface area contributed by atoms with Crippen molar-refractivity contribution in [3.05, 3.63) is 59.6 Å². The zero-order chi connectivity index (χ0) is 19.1. The van der Waals surface area contributed by atoms with Crippen molar-refractivity contribution >= 4 is 34.8 Å². The second-order valence-corrected chi connectivity index (χ2v) is 7.16. The monoisotopic (exact) mass is 385 g/mol. The molecule has 0 spiro atoms. The second-order valence-electron chi connectivity index (χ2n) is 6.75. The molecule has 6 heteroatoms. The Balaban J connectivity index is 1.38. The first-order chi connectivity index (χ1) is 13.1. The molecule has 1 aliphatic heterocycles. The maximum atomic E-state index is 12.4. The molecule has 2 N–H and O–H groups in total. The molecule has 1 fully saturated rings. The third kappa shape index (κ3) is 5.81. The quantitative estimate of drug-likeness (QED) is 0.789. The van der Waals surface area contributed by atoms with Gasteiger partial charge >= 0.3 is 0 Å². The third-order valence-electron chi connectivity index (χ3n) is 4.80. The highest BCUT2D eigenvalue weighted by Gasteiger charge is 2.25. The maximum absolute atomic E-state index is 12.4. The van der Waals surface area contributed by atoms with Crippen molar-refractivity contribution in [1.29, 1.82) is 0 Å². The number of likely N-dealkylation sites (tertiary alicyclic amines) is 1. The van der Waals surface area contributed by atoms with Crippen LogP contribution in [0.4, 0.5) is 11.4 Å². The molecule has 2 amide bonds. The van der Waals surface area contributed by atoms with E-state index < -0.39 is 0 Å². The van der Waals surface area contributed by atoms with Crippen LogP contribution in [0, 0.1) is 5.92 Å². The van der Waals surface area contributed by atoms with Gasteiger partial charge in [-0.05, 0) is 50.2 Å². The summed E-state index contributed by atoms with van der Waals surface area (Å²) in [4.78, 5) is 26.7. The molecule has 0 unspecified atom stereocenters. The van der Waals surface area contributed by atoms with Crippen molar-refractivity contribution in [2.75, 3.05) is 30.3 Å². The van der Waals surface area contributed by atoms with Crippen LogP contribution in [0.1, 0.15) is 19.3 Å². The first-order valence-electron chi connectivity index (χ1n) is 9.24. The van der Waals surface area contributed by atoms with E-state index in [0.29, 0.717) is 23.7 Å². The largest absolute Gasteiger partial charge is 0.326 e. The molecule has 2 aromatic rings. The summed E-state index contributed by atoms with van der Waals surface area (Å²) in [5.74, 6) is 0.0581. The molecule has 27 heavy (non-hydrogen) atoms. The van der Waals surface area contributed by atoms with E-state index in [4.69, 9.17) is 11.6 Å². The molecule has 0 aliphatic carbocycles. The van der Waals surface area contributed by atoms with Gasteiger partial charge in [-0.3, -0.25) is 9.59 Å². The van der Waals surface area contributed by atoms with Gasteiger partial charge in [0, 0.05) is 24.6 Å². The van der Waals surface area contributed by atoms with Crippen LogP contribution >= 0.6 is 11.6 Å². The van der Waals surface area contributed by atoms with E-state index in [9.17, 15) is 9.59 Å². The van der Waals surface area contributed by atoms with Gasteiger partial charge in [0.05, 0.1) is 10.7 Å². The number of benzene rings is 2. The lowest BCUT2D eigenvalue weighted by Gasteiger charge is -2.31. The van der Waals surface area contributed by atoms with Crippen molar-refractivity contribution < 1.29 is 9.59 Å². The number of carbonyl (C=O) groups is 2. The normalized spacial score (nSPS) is 15.3. The topological polar surface area (TPSA) is 61.4 Å². The van der Waals surface area contributed by atoms with Gasteiger partial charge in [0.2, 0.25) is 11.8 Å². The van der Waals surface area contributed by atoms with E-state index >= 15 is 0 Å². The van der Waals surface area contributed by atoms with Gasteiger partial charge < -0.3 is 15.5 Å². The SMILES string of the molecule is O=C(CCN1CCC(C(=O)Nc2ccccc2)CC1)Nc1ccccc1Cl. The first kappa shape index (κ1) is 19.4. The average molecular weight is 386 g/mol. The Morgan fingerprint density at radius 2 is 1.63 bits per heavy atom. The molecular formula is C21H24ClN3O2. The summed E-state index contributed by atoms with van der Waals surface area (Å²) < 4.78 is 0. The number of nitrogens with zero attached hydrogens (tertiary/aromatic N) is 1. The van der Waals surface area contributed by atoms with Crippen molar-refractivity contribution in [2.24, 2.45) is 5.92 Å². The number of halogens is 1.